The van der Waals surface area contributed by atoms with Crippen LogP contribution in [0.15, 0.2) is 0 Å². The van der Waals surface area contributed by atoms with Gasteiger partial charge in [-0.25, -0.2) is 0 Å². The molecule has 0 radical (unpaired) electrons. The summed E-state index contributed by atoms with van der Waals surface area (Å²) in [7, 11) is 0. The molecule has 2 heterocycles. The van der Waals surface area contributed by atoms with E-state index in [1.165, 1.54) is 0 Å². The molecule has 1 amide bonds. The normalized spacial score (nSPS) is 24.5. The van der Waals surface area contributed by atoms with Crippen LogP contribution in [0.5, 0.6) is 0 Å². The van der Waals surface area contributed by atoms with Gasteiger partial charge in [-0.3, -0.25) is 9.59 Å². The summed E-state index contributed by atoms with van der Waals surface area (Å²) in [6.45, 7) is 4.89. The number of carbonyl (C=O) groups is 2. The van der Waals surface area contributed by atoms with Gasteiger partial charge in [-0.05, 0) is 19.8 Å². The van der Waals surface area contributed by atoms with Crippen LogP contribution in [0.2, 0.25) is 0 Å². The molecule has 0 bridgehead atoms. The Morgan fingerprint density at radius 1 is 1.39 bits per heavy atom. The van der Waals surface area contributed by atoms with Gasteiger partial charge in [0.1, 0.15) is 0 Å². The average molecular weight is 255 g/mol. The second kappa shape index (κ2) is 6.18. The molecule has 0 N–H and O–H groups in total. The van der Waals surface area contributed by atoms with Gasteiger partial charge in [-0.15, -0.1) is 0 Å². The number of esters is 1. The number of ether oxygens (including phenoxy) is 2. The third-order valence-corrected chi connectivity index (χ3v) is 3.56. The molecular weight excluding hydrogens is 234 g/mol. The van der Waals surface area contributed by atoms with Crippen molar-refractivity contribution in [3.8, 4) is 0 Å². The lowest BCUT2D eigenvalue weighted by Gasteiger charge is -2.34. The van der Waals surface area contributed by atoms with Gasteiger partial charge >= 0.3 is 5.97 Å². The van der Waals surface area contributed by atoms with Crippen molar-refractivity contribution in [1.82, 2.24) is 4.90 Å². The fourth-order valence-electron chi connectivity index (χ4n) is 2.43. The van der Waals surface area contributed by atoms with E-state index in [2.05, 4.69) is 0 Å². The summed E-state index contributed by atoms with van der Waals surface area (Å²) < 4.78 is 10.1. The van der Waals surface area contributed by atoms with Gasteiger partial charge in [-0.1, -0.05) is 0 Å². The third-order valence-electron chi connectivity index (χ3n) is 3.56. The Morgan fingerprint density at radius 2 is 2.17 bits per heavy atom. The molecule has 2 aliphatic heterocycles. The summed E-state index contributed by atoms with van der Waals surface area (Å²) in [5, 5.41) is 0. The number of hydrogen-bond donors (Lipinski definition) is 0. The van der Waals surface area contributed by atoms with Gasteiger partial charge in [0.25, 0.3) is 0 Å². The predicted octanol–water partition coefficient (Wildman–Crippen LogP) is 0.825. The fourth-order valence-corrected chi connectivity index (χ4v) is 2.43. The van der Waals surface area contributed by atoms with E-state index in [4.69, 9.17) is 9.47 Å². The molecule has 1 atom stereocenters. The van der Waals surface area contributed by atoms with Gasteiger partial charge in [0.2, 0.25) is 5.91 Å². The van der Waals surface area contributed by atoms with E-state index in [-0.39, 0.29) is 17.8 Å². The molecule has 2 rings (SSSR count). The second-order valence-corrected chi connectivity index (χ2v) is 5.04. The topological polar surface area (TPSA) is 55.8 Å². The molecule has 0 aromatic rings. The Kier molecular flexibility index (Phi) is 4.58. The molecule has 0 saturated carbocycles. The van der Waals surface area contributed by atoms with Crippen LogP contribution < -0.4 is 0 Å². The van der Waals surface area contributed by atoms with E-state index in [1.807, 2.05) is 4.90 Å². The van der Waals surface area contributed by atoms with Crippen molar-refractivity contribution in [3.05, 3.63) is 0 Å². The van der Waals surface area contributed by atoms with E-state index in [0.717, 1.165) is 19.4 Å². The number of nitrogens with zero attached hydrogens (tertiary/aromatic N) is 1. The SMILES string of the molecule is CCOC(=O)C1CCCN(C(=O)CC2COC2)C1. The minimum absolute atomic E-state index is 0.139. The Bertz CT molecular complexity index is 314. The lowest BCUT2D eigenvalue weighted by Crippen LogP contribution is -2.44. The maximum absolute atomic E-state index is 12.0. The van der Waals surface area contributed by atoms with Crippen LogP contribution in [0.4, 0.5) is 0 Å². The maximum atomic E-state index is 12.0. The summed E-state index contributed by atoms with van der Waals surface area (Å²) >= 11 is 0. The van der Waals surface area contributed by atoms with Gasteiger partial charge in [-0.2, -0.15) is 0 Å². The lowest BCUT2D eigenvalue weighted by atomic mass is 9.96. The van der Waals surface area contributed by atoms with E-state index in [1.54, 1.807) is 6.92 Å². The van der Waals surface area contributed by atoms with Gasteiger partial charge < -0.3 is 14.4 Å². The van der Waals surface area contributed by atoms with Crippen molar-refractivity contribution >= 4 is 11.9 Å². The first-order valence-corrected chi connectivity index (χ1v) is 6.73. The Morgan fingerprint density at radius 3 is 2.78 bits per heavy atom. The van der Waals surface area contributed by atoms with Crippen LogP contribution >= 0.6 is 0 Å². The Balaban J connectivity index is 1.81. The standard InChI is InChI=1S/C13H21NO4/c1-2-18-13(16)11-4-3-5-14(7-11)12(15)6-10-8-17-9-10/h10-11H,2-9H2,1H3. The van der Waals surface area contributed by atoms with Crippen molar-refractivity contribution in [2.75, 3.05) is 32.9 Å². The molecule has 5 heteroatoms. The number of carbonyl (C=O) groups excluding carboxylic acids is 2. The van der Waals surface area contributed by atoms with Crippen molar-refractivity contribution in [3.63, 3.8) is 0 Å². The Labute approximate surface area is 107 Å². The quantitative estimate of drug-likeness (QED) is 0.698. The van der Waals surface area contributed by atoms with Gasteiger partial charge in [0.15, 0.2) is 0 Å². The zero-order chi connectivity index (χ0) is 13.0. The monoisotopic (exact) mass is 255 g/mol. The van der Waals surface area contributed by atoms with Crippen molar-refractivity contribution in [2.24, 2.45) is 11.8 Å². The molecule has 0 spiro atoms. The lowest BCUT2D eigenvalue weighted by molar-refractivity contribution is -0.152. The molecule has 5 nitrogen and oxygen atoms in total. The molecule has 102 valence electrons. The second-order valence-electron chi connectivity index (χ2n) is 5.04. The summed E-state index contributed by atoms with van der Waals surface area (Å²) in [4.78, 5) is 25.5. The number of hydrogen-bond acceptors (Lipinski definition) is 4. The fraction of sp³-hybridized carbons (Fsp3) is 0.846. The summed E-state index contributed by atoms with van der Waals surface area (Å²) in [5.41, 5.74) is 0. The molecule has 2 fully saturated rings. The Hall–Kier alpha value is -1.10. The van der Waals surface area contributed by atoms with Crippen molar-refractivity contribution in [1.29, 1.82) is 0 Å². The van der Waals surface area contributed by atoms with E-state index in [0.29, 0.717) is 38.7 Å². The van der Waals surface area contributed by atoms with E-state index in [9.17, 15) is 9.59 Å². The van der Waals surface area contributed by atoms with Gasteiger partial charge in [0.05, 0.1) is 25.7 Å². The van der Waals surface area contributed by atoms with Gasteiger partial charge in [0, 0.05) is 25.4 Å². The molecule has 1 unspecified atom stereocenters. The van der Waals surface area contributed by atoms with Crippen LogP contribution in [0.1, 0.15) is 26.2 Å². The molecule has 2 aliphatic rings. The van der Waals surface area contributed by atoms with Crippen molar-refractivity contribution < 1.29 is 19.1 Å². The highest BCUT2D eigenvalue weighted by atomic mass is 16.5. The zero-order valence-electron chi connectivity index (χ0n) is 10.9. The molecule has 0 aromatic carbocycles. The van der Waals surface area contributed by atoms with E-state index >= 15 is 0 Å². The first kappa shape index (κ1) is 13.3. The van der Waals surface area contributed by atoms with Crippen LogP contribution in [0.3, 0.4) is 0 Å². The van der Waals surface area contributed by atoms with E-state index < -0.39 is 0 Å². The summed E-state index contributed by atoms with van der Waals surface area (Å²) in [6.07, 6.45) is 2.26. The largest absolute Gasteiger partial charge is 0.466 e. The van der Waals surface area contributed by atoms with Crippen LogP contribution in [-0.4, -0.2) is 49.7 Å². The zero-order valence-corrected chi connectivity index (χ0v) is 10.9. The van der Waals surface area contributed by atoms with Crippen LogP contribution in [-0.2, 0) is 19.1 Å². The van der Waals surface area contributed by atoms with Crippen molar-refractivity contribution in [2.45, 2.75) is 26.2 Å². The maximum Gasteiger partial charge on any atom is 0.310 e. The van der Waals surface area contributed by atoms with Crippen LogP contribution in [0.25, 0.3) is 0 Å². The molecule has 0 aliphatic carbocycles. The number of amides is 1. The first-order valence-electron chi connectivity index (χ1n) is 6.73. The predicted molar refractivity (Wildman–Crippen MR) is 64.9 cm³/mol. The van der Waals surface area contributed by atoms with Crippen LogP contribution in [0, 0.1) is 11.8 Å². The highest BCUT2D eigenvalue weighted by molar-refractivity contribution is 5.78. The third kappa shape index (κ3) is 3.22. The minimum atomic E-state index is -0.165. The number of rotatable bonds is 4. The molecule has 0 aromatic heterocycles. The summed E-state index contributed by atoms with van der Waals surface area (Å²) in [5.74, 6) is 0.222. The smallest absolute Gasteiger partial charge is 0.310 e. The highest BCUT2D eigenvalue weighted by Gasteiger charge is 2.31. The summed E-state index contributed by atoms with van der Waals surface area (Å²) in [6, 6.07) is 0. The molecular formula is C13H21NO4. The highest BCUT2D eigenvalue weighted by Crippen LogP contribution is 2.21. The molecule has 18 heavy (non-hydrogen) atoms. The minimum Gasteiger partial charge on any atom is -0.466 e. The average Bonchev–Trinajstić information content (AvgIpc) is 2.34. The molecule has 2 saturated heterocycles. The first-order chi connectivity index (χ1) is 8.70. The number of likely N-dealkylation sites (tertiary alicyclic amines) is 1. The number of piperidine rings is 1.